The molecule has 0 saturated carbocycles. The van der Waals surface area contributed by atoms with Gasteiger partial charge in [-0.25, -0.2) is 0 Å². The minimum atomic E-state index is 1.12. The highest BCUT2D eigenvalue weighted by atomic mass is 16.1. The molecule has 0 spiro atoms. The first-order chi connectivity index (χ1) is 5.93. The first kappa shape index (κ1) is 8.47. The largest absolute Gasteiger partial charge is 0.286 e. The van der Waals surface area contributed by atoms with Crippen molar-refractivity contribution in [2.45, 2.75) is 0 Å². The zero-order chi connectivity index (χ0) is 8.65. The molecule has 0 amide bonds. The van der Waals surface area contributed by atoms with Crippen LogP contribution in [0.3, 0.4) is 0 Å². The van der Waals surface area contributed by atoms with Gasteiger partial charge in [-0.15, -0.1) is 0 Å². The highest BCUT2D eigenvalue weighted by molar-refractivity contribution is 5.67. The summed E-state index contributed by atoms with van der Waals surface area (Å²) in [5, 5.41) is 0. The Hall–Kier alpha value is -1.63. The molecule has 1 rings (SSSR count). The number of allylic oxidation sites excluding steroid dienone is 3. The highest BCUT2D eigenvalue weighted by Gasteiger charge is 1.78. The van der Waals surface area contributed by atoms with Crippen LogP contribution >= 0.6 is 0 Å². The summed E-state index contributed by atoms with van der Waals surface area (Å²) in [5.74, 6) is 0. The summed E-state index contributed by atoms with van der Waals surface area (Å²) >= 11 is 0. The Labute approximate surface area is 72.0 Å². The van der Waals surface area contributed by atoms with Crippen molar-refractivity contribution < 1.29 is 4.79 Å². The molecule has 0 aliphatic rings. The molecule has 1 heteroatoms. The van der Waals surface area contributed by atoms with Gasteiger partial charge in [0.05, 0.1) is 0 Å². The van der Waals surface area contributed by atoms with Gasteiger partial charge in [0.1, 0.15) is 0 Å². The number of carbonyl (C=O) groups excluding carboxylic acids is 1. The van der Waals surface area contributed by atoms with E-state index in [2.05, 4.69) is 0 Å². The van der Waals surface area contributed by atoms with Crippen molar-refractivity contribution in [1.29, 1.82) is 0 Å². The van der Waals surface area contributed by atoms with E-state index in [0.29, 0.717) is 0 Å². The fourth-order valence-electron chi connectivity index (χ4n) is 0.826. The molecule has 1 nitrogen and oxygen atoms in total. The van der Waals surface area contributed by atoms with Crippen molar-refractivity contribution in [1.82, 2.24) is 0 Å². The van der Waals surface area contributed by atoms with Crippen molar-refractivity contribution in [3.05, 3.63) is 54.1 Å². The summed E-state index contributed by atoms with van der Waals surface area (Å²) in [6.07, 6.45) is 8.39. The lowest BCUT2D eigenvalue weighted by Crippen LogP contribution is -1.66. The van der Waals surface area contributed by atoms with E-state index in [9.17, 15) is 4.79 Å². The zero-order valence-corrected chi connectivity index (χ0v) is 6.60. The molecule has 0 bridgehead atoms. The van der Waals surface area contributed by atoms with E-state index >= 15 is 0 Å². The van der Waals surface area contributed by atoms with Gasteiger partial charge < -0.3 is 0 Å². The van der Waals surface area contributed by atoms with Crippen LogP contribution in [0.1, 0.15) is 5.56 Å². The smallest absolute Gasteiger partial charge is 0.225 e. The lowest BCUT2D eigenvalue weighted by Gasteiger charge is -1.87. The molecule has 59 valence electrons. The maximum atomic E-state index is 9.77. The van der Waals surface area contributed by atoms with Crippen LogP contribution in [-0.4, -0.2) is 6.29 Å². The standard InChI is InChI=1S/C11H9O/c12-10-6-2-5-9-11-7-3-1-4-8-11/h1-9H. The Bertz CT molecular complexity index is 283. The van der Waals surface area contributed by atoms with E-state index in [1.54, 1.807) is 18.4 Å². The SMILES string of the molecule is O=[C]C=CC=Cc1ccccc1. The van der Waals surface area contributed by atoms with E-state index in [0.717, 1.165) is 5.56 Å². The summed E-state index contributed by atoms with van der Waals surface area (Å²) in [7, 11) is 0. The summed E-state index contributed by atoms with van der Waals surface area (Å²) in [4.78, 5) is 9.77. The van der Waals surface area contributed by atoms with Crippen molar-refractivity contribution in [2.24, 2.45) is 0 Å². The first-order valence-electron chi connectivity index (χ1n) is 3.69. The van der Waals surface area contributed by atoms with E-state index in [1.165, 1.54) is 6.08 Å². The third-order valence-electron chi connectivity index (χ3n) is 1.36. The number of hydrogen-bond donors (Lipinski definition) is 0. The maximum Gasteiger partial charge on any atom is 0.225 e. The van der Waals surface area contributed by atoms with Crippen molar-refractivity contribution in [3.63, 3.8) is 0 Å². The van der Waals surface area contributed by atoms with Gasteiger partial charge >= 0.3 is 0 Å². The fourth-order valence-corrected chi connectivity index (χ4v) is 0.826. The maximum absolute atomic E-state index is 9.77. The van der Waals surface area contributed by atoms with Crippen LogP contribution in [-0.2, 0) is 4.79 Å². The zero-order valence-electron chi connectivity index (χ0n) is 6.60. The van der Waals surface area contributed by atoms with Crippen molar-refractivity contribution in [3.8, 4) is 0 Å². The van der Waals surface area contributed by atoms with E-state index in [4.69, 9.17) is 0 Å². The van der Waals surface area contributed by atoms with Crippen molar-refractivity contribution >= 4 is 12.4 Å². The topological polar surface area (TPSA) is 17.1 Å². The highest BCUT2D eigenvalue weighted by Crippen LogP contribution is 2.00. The van der Waals surface area contributed by atoms with Crippen molar-refractivity contribution in [2.75, 3.05) is 0 Å². The lowest BCUT2D eigenvalue weighted by molar-refractivity contribution is 0.564. The average molecular weight is 157 g/mol. The third-order valence-corrected chi connectivity index (χ3v) is 1.36. The molecule has 0 aromatic heterocycles. The first-order valence-corrected chi connectivity index (χ1v) is 3.69. The molecular weight excluding hydrogens is 148 g/mol. The second-order valence-electron chi connectivity index (χ2n) is 2.25. The molecule has 0 unspecified atom stereocenters. The second kappa shape index (κ2) is 5.08. The van der Waals surface area contributed by atoms with E-state index in [1.807, 2.05) is 36.4 Å². The van der Waals surface area contributed by atoms with Gasteiger partial charge in [0.2, 0.25) is 6.29 Å². The van der Waals surface area contributed by atoms with E-state index in [-0.39, 0.29) is 0 Å². The van der Waals surface area contributed by atoms with Gasteiger partial charge in [-0.05, 0) is 11.6 Å². The number of hydrogen-bond acceptors (Lipinski definition) is 1. The van der Waals surface area contributed by atoms with Gasteiger partial charge in [-0.1, -0.05) is 48.6 Å². The predicted octanol–water partition coefficient (Wildman–Crippen LogP) is 2.37. The summed E-state index contributed by atoms with van der Waals surface area (Å²) in [6.45, 7) is 0. The minimum Gasteiger partial charge on any atom is -0.286 e. The molecule has 1 aromatic rings. The van der Waals surface area contributed by atoms with Crippen LogP contribution in [0.2, 0.25) is 0 Å². The molecule has 12 heavy (non-hydrogen) atoms. The van der Waals surface area contributed by atoms with Crippen LogP contribution in [0.15, 0.2) is 48.6 Å². The molecular formula is C11H9O. The number of benzene rings is 1. The molecule has 0 atom stereocenters. The quantitative estimate of drug-likeness (QED) is 0.486. The molecule has 0 saturated heterocycles. The molecule has 0 N–H and O–H groups in total. The van der Waals surface area contributed by atoms with E-state index < -0.39 is 0 Å². The Morgan fingerprint density at radius 3 is 2.50 bits per heavy atom. The van der Waals surface area contributed by atoms with Crippen LogP contribution in [0.5, 0.6) is 0 Å². The monoisotopic (exact) mass is 157 g/mol. The average Bonchev–Trinajstić information content (AvgIpc) is 2.14. The Morgan fingerprint density at radius 1 is 1.08 bits per heavy atom. The van der Waals surface area contributed by atoms with Gasteiger partial charge in [-0.2, -0.15) is 0 Å². The van der Waals surface area contributed by atoms with Gasteiger partial charge in [0, 0.05) is 0 Å². The summed E-state index contributed by atoms with van der Waals surface area (Å²) < 4.78 is 0. The second-order valence-corrected chi connectivity index (χ2v) is 2.25. The Balaban J connectivity index is 2.58. The van der Waals surface area contributed by atoms with Gasteiger partial charge in [0.15, 0.2) is 0 Å². The normalized spacial score (nSPS) is 11.0. The predicted molar refractivity (Wildman–Crippen MR) is 50.3 cm³/mol. The Kier molecular flexibility index (Phi) is 3.58. The van der Waals surface area contributed by atoms with Gasteiger partial charge in [-0.3, -0.25) is 4.79 Å². The lowest BCUT2D eigenvalue weighted by atomic mass is 10.2. The van der Waals surface area contributed by atoms with Crippen LogP contribution in [0, 0.1) is 0 Å². The summed E-state index contributed by atoms with van der Waals surface area (Å²) in [5.41, 5.74) is 1.12. The van der Waals surface area contributed by atoms with Gasteiger partial charge in [0.25, 0.3) is 0 Å². The van der Waals surface area contributed by atoms with Crippen LogP contribution < -0.4 is 0 Å². The molecule has 1 aromatic carbocycles. The molecule has 0 aliphatic carbocycles. The van der Waals surface area contributed by atoms with Crippen LogP contribution in [0.25, 0.3) is 6.08 Å². The number of rotatable bonds is 3. The third kappa shape index (κ3) is 2.97. The molecule has 1 radical (unpaired) electrons. The fraction of sp³-hybridized carbons (Fsp3) is 0. The summed E-state index contributed by atoms with van der Waals surface area (Å²) in [6, 6.07) is 9.89. The minimum absolute atomic E-state index is 1.12. The molecule has 0 fully saturated rings. The van der Waals surface area contributed by atoms with Crippen LogP contribution in [0.4, 0.5) is 0 Å². The Morgan fingerprint density at radius 2 is 1.83 bits per heavy atom. The molecule has 0 aliphatic heterocycles. The molecule has 0 heterocycles.